The van der Waals surface area contributed by atoms with E-state index in [-0.39, 0.29) is 10.8 Å². The molecule has 0 aliphatic heterocycles. The highest BCUT2D eigenvalue weighted by Crippen LogP contribution is 2.56. The SMILES string of the molecule is Cc1cc(-c2ccc3c(c2C)C(C)(C)C(C)(C)c2cc4ccccc4cc2-3)[n+](C)cc1-c1ccccc1. The first-order valence-corrected chi connectivity index (χ1v) is 13.3. The first-order chi connectivity index (χ1) is 17.6. The van der Waals surface area contributed by atoms with E-state index in [4.69, 9.17) is 0 Å². The Morgan fingerprint density at radius 1 is 0.595 bits per heavy atom. The minimum Gasteiger partial charge on any atom is -0.200 e. The van der Waals surface area contributed by atoms with Gasteiger partial charge in [-0.3, -0.25) is 0 Å². The van der Waals surface area contributed by atoms with Crippen LogP contribution in [0, 0.1) is 13.8 Å². The van der Waals surface area contributed by atoms with Crippen molar-refractivity contribution in [1.29, 1.82) is 0 Å². The lowest BCUT2D eigenvalue weighted by Crippen LogP contribution is -2.44. The van der Waals surface area contributed by atoms with E-state index < -0.39 is 0 Å². The number of aryl methyl sites for hydroxylation is 2. The normalized spacial score (nSPS) is 15.3. The molecule has 6 rings (SSSR count). The summed E-state index contributed by atoms with van der Waals surface area (Å²) < 4.78 is 2.30. The summed E-state index contributed by atoms with van der Waals surface area (Å²) in [6.07, 6.45) is 2.29. The van der Waals surface area contributed by atoms with E-state index in [9.17, 15) is 0 Å². The molecule has 1 aliphatic carbocycles. The molecule has 1 aromatic heterocycles. The van der Waals surface area contributed by atoms with Crippen molar-refractivity contribution >= 4 is 10.8 Å². The van der Waals surface area contributed by atoms with Crippen molar-refractivity contribution in [3.05, 3.63) is 113 Å². The van der Waals surface area contributed by atoms with Gasteiger partial charge in [0.25, 0.3) is 0 Å². The van der Waals surface area contributed by atoms with Crippen LogP contribution in [-0.4, -0.2) is 0 Å². The molecule has 1 heteroatoms. The number of benzene rings is 4. The first kappa shape index (κ1) is 23.7. The molecular formula is C36H36N+. The fourth-order valence-corrected chi connectivity index (χ4v) is 6.59. The largest absolute Gasteiger partial charge is 0.212 e. The van der Waals surface area contributed by atoms with E-state index in [0.717, 1.165) is 0 Å². The second kappa shape index (κ2) is 8.15. The molecular weight excluding hydrogens is 446 g/mol. The summed E-state index contributed by atoms with van der Waals surface area (Å²) in [6, 6.07) is 31.4. The van der Waals surface area contributed by atoms with Gasteiger partial charge < -0.3 is 0 Å². The van der Waals surface area contributed by atoms with Gasteiger partial charge in [0, 0.05) is 17.2 Å². The van der Waals surface area contributed by atoms with Crippen LogP contribution in [0.2, 0.25) is 0 Å². The fraction of sp³-hybridized carbons (Fsp3) is 0.250. The number of aromatic nitrogens is 1. The summed E-state index contributed by atoms with van der Waals surface area (Å²) in [5, 5.41) is 2.63. The topological polar surface area (TPSA) is 3.88 Å². The van der Waals surface area contributed by atoms with Gasteiger partial charge in [-0.15, -0.1) is 0 Å². The zero-order valence-electron chi connectivity index (χ0n) is 23.1. The Morgan fingerprint density at radius 2 is 1.22 bits per heavy atom. The summed E-state index contributed by atoms with van der Waals surface area (Å²) in [5.41, 5.74) is 13.4. The quantitative estimate of drug-likeness (QED) is 0.221. The van der Waals surface area contributed by atoms with Gasteiger partial charge in [0.05, 0.1) is 0 Å². The van der Waals surface area contributed by atoms with Crippen molar-refractivity contribution in [3.8, 4) is 33.5 Å². The van der Waals surface area contributed by atoms with Crippen molar-refractivity contribution in [2.75, 3.05) is 0 Å². The predicted octanol–water partition coefficient (Wildman–Crippen LogP) is 8.85. The molecule has 184 valence electrons. The van der Waals surface area contributed by atoms with E-state index in [2.05, 4.69) is 144 Å². The minimum atomic E-state index is -0.0323. The zero-order chi connectivity index (χ0) is 26.1. The Balaban J connectivity index is 1.59. The van der Waals surface area contributed by atoms with E-state index in [1.54, 1.807) is 0 Å². The molecule has 0 unspecified atom stereocenters. The molecule has 0 saturated carbocycles. The Bertz CT molecular complexity index is 1690. The van der Waals surface area contributed by atoms with Crippen LogP contribution >= 0.6 is 0 Å². The third kappa shape index (κ3) is 3.40. The molecule has 1 aliphatic rings. The average molecular weight is 483 g/mol. The molecule has 4 aromatic carbocycles. The van der Waals surface area contributed by atoms with Gasteiger partial charge in [0.2, 0.25) is 5.69 Å². The summed E-state index contributed by atoms with van der Waals surface area (Å²) >= 11 is 0. The summed E-state index contributed by atoms with van der Waals surface area (Å²) in [7, 11) is 2.18. The third-order valence-electron chi connectivity index (χ3n) is 9.34. The maximum Gasteiger partial charge on any atom is 0.212 e. The van der Waals surface area contributed by atoms with Gasteiger partial charge in [-0.1, -0.05) is 88.4 Å². The Kier molecular flexibility index (Phi) is 5.21. The van der Waals surface area contributed by atoms with Gasteiger partial charge >= 0.3 is 0 Å². The fourth-order valence-electron chi connectivity index (χ4n) is 6.59. The Hall–Kier alpha value is -3.71. The lowest BCUT2D eigenvalue weighted by molar-refractivity contribution is -0.660. The number of nitrogens with zero attached hydrogens (tertiary/aromatic N) is 1. The standard InChI is InChI=1S/C36H36N/c1-23-19-33(37(7)22-31(23)25-13-9-8-10-14-25)28-17-18-29-30-20-26-15-11-12-16-27(26)21-32(30)35(3,4)36(5,6)34(29)24(28)2/h8-22H,1-7H3/q+1. The van der Waals surface area contributed by atoms with Crippen LogP contribution in [0.4, 0.5) is 0 Å². The van der Waals surface area contributed by atoms with E-state index in [1.165, 1.54) is 66.5 Å². The molecule has 1 nitrogen and oxygen atoms in total. The highest BCUT2D eigenvalue weighted by Gasteiger charge is 2.47. The summed E-state index contributed by atoms with van der Waals surface area (Å²) in [5.74, 6) is 0. The second-order valence-electron chi connectivity index (χ2n) is 11.9. The molecule has 5 aromatic rings. The van der Waals surface area contributed by atoms with Crippen molar-refractivity contribution in [3.63, 3.8) is 0 Å². The van der Waals surface area contributed by atoms with E-state index in [1.807, 2.05) is 0 Å². The lowest BCUT2D eigenvalue weighted by Gasteiger charge is -2.49. The third-order valence-corrected chi connectivity index (χ3v) is 9.34. The maximum absolute atomic E-state index is 2.44. The number of rotatable bonds is 2. The van der Waals surface area contributed by atoms with Crippen LogP contribution < -0.4 is 4.57 Å². The molecule has 0 radical (unpaired) electrons. The van der Waals surface area contributed by atoms with Crippen LogP contribution in [0.1, 0.15) is 49.9 Å². The van der Waals surface area contributed by atoms with Crippen LogP contribution in [0.5, 0.6) is 0 Å². The number of hydrogen-bond donors (Lipinski definition) is 0. The zero-order valence-corrected chi connectivity index (χ0v) is 23.1. The van der Waals surface area contributed by atoms with Crippen molar-refractivity contribution in [2.24, 2.45) is 7.05 Å². The number of pyridine rings is 1. The molecule has 0 atom stereocenters. The van der Waals surface area contributed by atoms with Crippen LogP contribution in [0.15, 0.2) is 91.1 Å². The monoisotopic (exact) mass is 482 g/mol. The van der Waals surface area contributed by atoms with Gasteiger partial charge in [-0.25, -0.2) is 4.57 Å². The first-order valence-electron chi connectivity index (χ1n) is 13.3. The predicted molar refractivity (Wildman–Crippen MR) is 157 cm³/mol. The minimum absolute atomic E-state index is 0.0159. The molecule has 0 saturated heterocycles. The Morgan fingerprint density at radius 3 is 1.92 bits per heavy atom. The second-order valence-corrected chi connectivity index (χ2v) is 11.9. The molecule has 1 heterocycles. The molecule has 0 bridgehead atoms. The van der Waals surface area contributed by atoms with Crippen LogP contribution in [-0.2, 0) is 17.9 Å². The number of fused-ring (bicyclic) bond motifs is 4. The smallest absolute Gasteiger partial charge is 0.200 e. The molecule has 0 fully saturated rings. The summed E-state index contributed by atoms with van der Waals surface area (Å²) in [6.45, 7) is 14.3. The summed E-state index contributed by atoms with van der Waals surface area (Å²) in [4.78, 5) is 0. The average Bonchev–Trinajstić information content (AvgIpc) is 2.88. The van der Waals surface area contributed by atoms with Gasteiger partial charge in [-0.2, -0.15) is 0 Å². The number of hydrogen-bond acceptors (Lipinski definition) is 0. The van der Waals surface area contributed by atoms with Crippen molar-refractivity contribution in [1.82, 2.24) is 0 Å². The van der Waals surface area contributed by atoms with E-state index in [0.29, 0.717) is 0 Å². The van der Waals surface area contributed by atoms with Crippen LogP contribution in [0.25, 0.3) is 44.3 Å². The van der Waals surface area contributed by atoms with Crippen LogP contribution in [0.3, 0.4) is 0 Å². The van der Waals surface area contributed by atoms with Gasteiger partial charge in [0.15, 0.2) is 6.20 Å². The van der Waals surface area contributed by atoms with Crippen molar-refractivity contribution < 1.29 is 4.57 Å². The Labute approximate surface area is 221 Å². The maximum atomic E-state index is 2.44. The molecule has 0 N–H and O–H groups in total. The lowest BCUT2D eigenvalue weighted by atomic mass is 9.54. The molecule has 37 heavy (non-hydrogen) atoms. The highest BCUT2D eigenvalue weighted by molar-refractivity contribution is 5.93. The van der Waals surface area contributed by atoms with E-state index >= 15 is 0 Å². The molecule has 0 spiro atoms. The van der Waals surface area contributed by atoms with Gasteiger partial charge in [-0.05, 0) is 92.6 Å². The highest BCUT2D eigenvalue weighted by atomic mass is 14.9. The molecule has 0 amide bonds. The van der Waals surface area contributed by atoms with Crippen molar-refractivity contribution in [2.45, 2.75) is 52.4 Å². The van der Waals surface area contributed by atoms with Gasteiger partial charge in [0.1, 0.15) is 7.05 Å².